The van der Waals surface area contributed by atoms with Gasteiger partial charge in [0.15, 0.2) is 0 Å². The Kier molecular flexibility index (Phi) is 3.80. The van der Waals surface area contributed by atoms with E-state index in [1.807, 2.05) is 0 Å². The Morgan fingerprint density at radius 1 is 1.35 bits per heavy atom. The van der Waals surface area contributed by atoms with Gasteiger partial charge in [0.05, 0.1) is 11.1 Å². The van der Waals surface area contributed by atoms with Crippen molar-refractivity contribution >= 4 is 17.9 Å². The van der Waals surface area contributed by atoms with Crippen LogP contribution in [0, 0.1) is 17.0 Å². The third-order valence-electron chi connectivity index (χ3n) is 2.35. The molecule has 1 heterocycles. The van der Waals surface area contributed by atoms with Gasteiger partial charge in [-0.15, -0.1) is 10.2 Å². The number of hydrogen-bond donors (Lipinski definition) is 2. The van der Waals surface area contributed by atoms with E-state index in [2.05, 4.69) is 25.7 Å². The SMILES string of the molecule is Cc1nnc(N/N=C/c2ccc([N+](=O)[O-])cc2)[nH]c1=O. The fourth-order valence-electron chi connectivity index (χ4n) is 1.29. The van der Waals surface area contributed by atoms with Crippen LogP contribution in [0.25, 0.3) is 0 Å². The van der Waals surface area contributed by atoms with Gasteiger partial charge in [-0.3, -0.25) is 19.9 Å². The summed E-state index contributed by atoms with van der Waals surface area (Å²) in [6.45, 7) is 1.54. The highest BCUT2D eigenvalue weighted by atomic mass is 16.6. The van der Waals surface area contributed by atoms with Crippen molar-refractivity contribution < 1.29 is 4.92 Å². The van der Waals surface area contributed by atoms with Crippen LogP contribution >= 0.6 is 0 Å². The zero-order chi connectivity index (χ0) is 14.5. The Morgan fingerprint density at radius 3 is 2.65 bits per heavy atom. The molecule has 0 fully saturated rings. The number of H-pyrrole nitrogens is 1. The lowest BCUT2D eigenvalue weighted by molar-refractivity contribution is -0.384. The molecule has 2 N–H and O–H groups in total. The van der Waals surface area contributed by atoms with Crippen LogP contribution < -0.4 is 11.0 Å². The van der Waals surface area contributed by atoms with Crippen molar-refractivity contribution in [3.63, 3.8) is 0 Å². The van der Waals surface area contributed by atoms with Crippen LogP contribution in [-0.2, 0) is 0 Å². The summed E-state index contributed by atoms with van der Waals surface area (Å²) in [5, 5.41) is 21.6. The average molecular weight is 274 g/mol. The summed E-state index contributed by atoms with van der Waals surface area (Å²) in [6, 6.07) is 5.84. The minimum absolute atomic E-state index is 0.00356. The van der Waals surface area contributed by atoms with E-state index in [9.17, 15) is 14.9 Å². The minimum atomic E-state index is -0.480. The Hall–Kier alpha value is -3.10. The highest BCUT2D eigenvalue weighted by Crippen LogP contribution is 2.10. The number of nitrogens with zero attached hydrogens (tertiary/aromatic N) is 4. The van der Waals surface area contributed by atoms with Crippen molar-refractivity contribution in [3.8, 4) is 0 Å². The second-order valence-electron chi connectivity index (χ2n) is 3.81. The maximum absolute atomic E-state index is 11.3. The minimum Gasteiger partial charge on any atom is -0.288 e. The van der Waals surface area contributed by atoms with Crippen molar-refractivity contribution in [2.45, 2.75) is 6.92 Å². The fraction of sp³-hybridized carbons (Fsp3) is 0.0909. The summed E-state index contributed by atoms with van der Waals surface area (Å²) >= 11 is 0. The predicted molar refractivity (Wildman–Crippen MR) is 71.7 cm³/mol. The van der Waals surface area contributed by atoms with Gasteiger partial charge in [0, 0.05) is 12.1 Å². The van der Waals surface area contributed by atoms with Gasteiger partial charge in [0.25, 0.3) is 11.2 Å². The molecule has 0 radical (unpaired) electrons. The topological polar surface area (TPSA) is 126 Å². The lowest BCUT2D eigenvalue weighted by Gasteiger charge is -1.98. The smallest absolute Gasteiger partial charge is 0.274 e. The molecule has 2 aromatic rings. The molecule has 1 aromatic heterocycles. The molecule has 102 valence electrons. The van der Waals surface area contributed by atoms with Crippen LogP contribution in [0.2, 0.25) is 0 Å². The van der Waals surface area contributed by atoms with E-state index in [-0.39, 0.29) is 22.9 Å². The molecule has 0 saturated heterocycles. The number of hydrogen-bond acceptors (Lipinski definition) is 7. The molecule has 0 bridgehead atoms. The van der Waals surface area contributed by atoms with Crippen LogP contribution in [0.5, 0.6) is 0 Å². The van der Waals surface area contributed by atoms with E-state index < -0.39 is 4.92 Å². The lowest BCUT2D eigenvalue weighted by Crippen LogP contribution is -2.15. The number of aryl methyl sites for hydroxylation is 1. The molecule has 0 atom stereocenters. The van der Waals surface area contributed by atoms with Gasteiger partial charge in [-0.1, -0.05) is 0 Å². The molecular weight excluding hydrogens is 264 g/mol. The molecule has 0 saturated carbocycles. The molecule has 1 aromatic carbocycles. The largest absolute Gasteiger partial charge is 0.288 e. The van der Waals surface area contributed by atoms with E-state index >= 15 is 0 Å². The summed E-state index contributed by atoms with van der Waals surface area (Å²) in [6.07, 6.45) is 1.43. The molecule has 9 heteroatoms. The van der Waals surface area contributed by atoms with Crippen molar-refractivity contribution in [1.29, 1.82) is 0 Å². The Bertz CT molecular complexity index is 707. The van der Waals surface area contributed by atoms with Gasteiger partial charge in [0.1, 0.15) is 5.69 Å². The summed E-state index contributed by atoms with van der Waals surface area (Å²) in [5.41, 5.74) is 3.07. The number of non-ortho nitro benzene ring substituents is 1. The number of aromatic nitrogens is 3. The van der Waals surface area contributed by atoms with Crippen molar-refractivity contribution in [2.75, 3.05) is 5.43 Å². The molecule has 0 aliphatic carbocycles. The van der Waals surface area contributed by atoms with E-state index in [0.717, 1.165) is 0 Å². The zero-order valence-electron chi connectivity index (χ0n) is 10.4. The van der Waals surface area contributed by atoms with Gasteiger partial charge in [0.2, 0.25) is 5.95 Å². The number of nitro groups is 1. The summed E-state index contributed by atoms with van der Waals surface area (Å²) in [4.78, 5) is 23.7. The zero-order valence-corrected chi connectivity index (χ0v) is 10.4. The van der Waals surface area contributed by atoms with Gasteiger partial charge in [-0.25, -0.2) is 5.43 Å². The number of nitrogens with one attached hydrogen (secondary N) is 2. The van der Waals surface area contributed by atoms with Crippen LogP contribution in [-0.4, -0.2) is 26.3 Å². The standard InChI is InChI=1S/C11H10N6O3/c1-7-10(18)13-11(16-14-7)15-12-6-8-2-4-9(5-3-8)17(19)20/h2-6H,1H3,(H2,13,15,16,18)/b12-6+. The van der Waals surface area contributed by atoms with Crippen LogP contribution in [0.15, 0.2) is 34.2 Å². The normalized spacial score (nSPS) is 10.7. The van der Waals surface area contributed by atoms with Crippen molar-refractivity contribution in [3.05, 3.63) is 56.0 Å². The first-order valence-corrected chi connectivity index (χ1v) is 5.53. The molecule has 9 nitrogen and oxygen atoms in total. The van der Waals surface area contributed by atoms with E-state index in [0.29, 0.717) is 5.56 Å². The molecular formula is C11H10N6O3. The molecule has 20 heavy (non-hydrogen) atoms. The molecule has 0 aliphatic rings. The number of anilines is 1. The monoisotopic (exact) mass is 274 g/mol. The highest BCUT2D eigenvalue weighted by molar-refractivity contribution is 5.80. The third-order valence-corrected chi connectivity index (χ3v) is 2.35. The van der Waals surface area contributed by atoms with Crippen LogP contribution in [0.3, 0.4) is 0 Å². The first kappa shape index (κ1) is 13.3. The maximum Gasteiger partial charge on any atom is 0.274 e. The van der Waals surface area contributed by atoms with Gasteiger partial charge < -0.3 is 0 Å². The van der Waals surface area contributed by atoms with E-state index in [1.54, 1.807) is 12.1 Å². The van der Waals surface area contributed by atoms with Crippen LogP contribution in [0.4, 0.5) is 11.6 Å². The summed E-state index contributed by atoms with van der Waals surface area (Å²) in [5.74, 6) is 0.110. The Balaban J connectivity index is 2.04. The first-order chi connectivity index (χ1) is 9.56. The molecule has 2 rings (SSSR count). The van der Waals surface area contributed by atoms with Gasteiger partial charge in [-0.05, 0) is 24.6 Å². The molecule has 0 amide bonds. The second-order valence-corrected chi connectivity index (χ2v) is 3.81. The Labute approximate surface area is 112 Å². The van der Waals surface area contributed by atoms with Gasteiger partial charge >= 0.3 is 0 Å². The molecule has 0 aliphatic heterocycles. The molecule has 0 unspecified atom stereocenters. The fourth-order valence-corrected chi connectivity index (χ4v) is 1.29. The van der Waals surface area contributed by atoms with E-state index in [4.69, 9.17) is 0 Å². The number of benzene rings is 1. The Morgan fingerprint density at radius 2 is 2.05 bits per heavy atom. The molecule has 0 spiro atoms. The number of aromatic amines is 1. The number of rotatable bonds is 4. The average Bonchev–Trinajstić information content (AvgIpc) is 2.43. The van der Waals surface area contributed by atoms with Gasteiger partial charge in [-0.2, -0.15) is 5.10 Å². The quantitative estimate of drug-likeness (QED) is 0.483. The number of nitro benzene ring substituents is 1. The van der Waals surface area contributed by atoms with Crippen LogP contribution in [0.1, 0.15) is 11.3 Å². The number of hydrazone groups is 1. The first-order valence-electron chi connectivity index (χ1n) is 5.53. The lowest BCUT2D eigenvalue weighted by atomic mass is 10.2. The van der Waals surface area contributed by atoms with Crippen molar-refractivity contribution in [2.24, 2.45) is 5.10 Å². The second kappa shape index (κ2) is 5.69. The summed E-state index contributed by atoms with van der Waals surface area (Å²) in [7, 11) is 0. The van der Waals surface area contributed by atoms with Crippen molar-refractivity contribution in [1.82, 2.24) is 15.2 Å². The summed E-state index contributed by atoms with van der Waals surface area (Å²) < 4.78 is 0. The van der Waals surface area contributed by atoms with E-state index in [1.165, 1.54) is 25.3 Å². The highest BCUT2D eigenvalue weighted by Gasteiger charge is 2.02. The third kappa shape index (κ3) is 3.22. The maximum atomic E-state index is 11.3. The predicted octanol–water partition coefficient (Wildman–Crippen LogP) is 0.828.